The summed E-state index contributed by atoms with van der Waals surface area (Å²) in [6.07, 6.45) is 0. The first-order valence-electron chi connectivity index (χ1n) is 20.0. The van der Waals surface area contributed by atoms with E-state index in [1.165, 1.54) is 77.5 Å². The Bertz CT molecular complexity index is 2920. The van der Waals surface area contributed by atoms with Gasteiger partial charge in [-0.1, -0.05) is 184 Å². The van der Waals surface area contributed by atoms with Crippen LogP contribution in [-0.4, -0.2) is 0 Å². The van der Waals surface area contributed by atoms with Gasteiger partial charge in [0.1, 0.15) is 0 Å². The first kappa shape index (κ1) is 33.4. The van der Waals surface area contributed by atoms with E-state index in [-0.39, 0.29) is 5.41 Å². The van der Waals surface area contributed by atoms with Crippen LogP contribution in [0, 0.1) is 0 Å². The Labute approximate surface area is 335 Å². The fourth-order valence-electron chi connectivity index (χ4n) is 10.0. The van der Waals surface area contributed by atoms with Crippen molar-refractivity contribution in [1.82, 2.24) is 0 Å². The Morgan fingerprint density at radius 3 is 1.40 bits per heavy atom. The zero-order valence-corrected chi connectivity index (χ0v) is 32.2. The molecule has 11 rings (SSSR count). The second kappa shape index (κ2) is 12.8. The summed E-state index contributed by atoms with van der Waals surface area (Å²) in [5.74, 6) is 0. The second-order valence-electron chi connectivity index (χ2n) is 16.1. The van der Waals surface area contributed by atoms with Crippen molar-refractivity contribution in [3.8, 4) is 33.4 Å². The largest absolute Gasteiger partial charge is 0.310 e. The first-order valence-corrected chi connectivity index (χ1v) is 20.0. The third-order valence-corrected chi connectivity index (χ3v) is 12.7. The minimum atomic E-state index is -0.465. The Hall–Kier alpha value is -6.96. The Morgan fingerprint density at radius 1 is 0.298 bits per heavy atom. The molecule has 0 heterocycles. The lowest BCUT2D eigenvalue weighted by Gasteiger charge is -2.46. The third-order valence-electron chi connectivity index (χ3n) is 12.7. The monoisotopic (exact) mass is 727 g/mol. The van der Waals surface area contributed by atoms with Crippen molar-refractivity contribution in [2.45, 2.75) is 24.7 Å². The van der Waals surface area contributed by atoms with Crippen LogP contribution in [0.3, 0.4) is 0 Å². The fourth-order valence-corrected chi connectivity index (χ4v) is 10.0. The predicted octanol–water partition coefficient (Wildman–Crippen LogP) is 14.6. The molecule has 0 amide bonds. The lowest BCUT2D eigenvalue weighted by Crippen LogP contribution is -2.40. The van der Waals surface area contributed by atoms with Gasteiger partial charge in [-0.25, -0.2) is 0 Å². The van der Waals surface area contributed by atoms with Crippen molar-refractivity contribution in [2.75, 3.05) is 4.90 Å². The van der Waals surface area contributed by atoms with Crippen LogP contribution in [0.2, 0.25) is 0 Å². The van der Waals surface area contributed by atoms with Crippen molar-refractivity contribution in [1.29, 1.82) is 0 Å². The van der Waals surface area contributed by atoms with E-state index < -0.39 is 5.41 Å². The van der Waals surface area contributed by atoms with Crippen LogP contribution in [0.5, 0.6) is 0 Å². The van der Waals surface area contributed by atoms with Gasteiger partial charge in [-0.05, 0) is 120 Å². The summed E-state index contributed by atoms with van der Waals surface area (Å²) in [7, 11) is 0. The molecular weight excluding hydrogens is 687 g/mol. The summed E-state index contributed by atoms with van der Waals surface area (Å²) in [5, 5.41) is 2.51. The van der Waals surface area contributed by atoms with E-state index in [1.54, 1.807) is 0 Å². The molecule has 2 aliphatic carbocycles. The first-order chi connectivity index (χ1) is 28.0. The average Bonchev–Trinajstić information content (AvgIpc) is 3.57. The molecule has 1 spiro atoms. The molecule has 0 unspecified atom stereocenters. The fraction of sp³-hybridized carbons (Fsp3) is 0.0714. The number of fused-ring (bicyclic) bond motifs is 10. The summed E-state index contributed by atoms with van der Waals surface area (Å²) >= 11 is 0. The number of hydrogen-bond acceptors (Lipinski definition) is 1. The van der Waals surface area contributed by atoms with Crippen LogP contribution in [0.15, 0.2) is 212 Å². The maximum absolute atomic E-state index is 2.49. The van der Waals surface area contributed by atoms with Gasteiger partial charge in [0, 0.05) is 22.5 Å². The summed E-state index contributed by atoms with van der Waals surface area (Å²) in [5.41, 5.74) is 18.4. The van der Waals surface area contributed by atoms with E-state index in [1.807, 2.05) is 0 Å². The number of nitrogens with zero attached hydrogens (tertiary/aromatic N) is 1. The lowest BCUT2D eigenvalue weighted by atomic mass is 9.55. The molecule has 0 fully saturated rings. The molecule has 2 aliphatic rings. The van der Waals surface area contributed by atoms with Gasteiger partial charge in [0.25, 0.3) is 0 Å². The van der Waals surface area contributed by atoms with Crippen LogP contribution in [0.25, 0.3) is 44.2 Å². The van der Waals surface area contributed by atoms with Crippen molar-refractivity contribution in [3.05, 3.63) is 246 Å². The van der Waals surface area contributed by atoms with Gasteiger partial charge in [0.2, 0.25) is 0 Å². The topological polar surface area (TPSA) is 3.24 Å². The maximum Gasteiger partial charge on any atom is 0.0720 e. The zero-order chi connectivity index (χ0) is 38.1. The highest BCUT2D eigenvalue weighted by atomic mass is 15.1. The van der Waals surface area contributed by atoms with Crippen molar-refractivity contribution in [3.63, 3.8) is 0 Å². The highest BCUT2D eigenvalue weighted by Gasteiger charge is 2.53. The summed E-state index contributed by atoms with van der Waals surface area (Å²) < 4.78 is 0. The highest BCUT2D eigenvalue weighted by molar-refractivity contribution is 5.92. The van der Waals surface area contributed by atoms with Crippen LogP contribution >= 0.6 is 0 Å². The normalized spacial score (nSPS) is 14.1. The molecule has 0 aromatic heterocycles. The van der Waals surface area contributed by atoms with Gasteiger partial charge < -0.3 is 4.90 Å². The maximum atomic E-state index is 2.49. The quantitative estimate of drug-likeness (QED) is 0.171. The van der Waals surface area contributed by atoms with Gasteiger partial charge in [0.05, 0.1) is 5.41 Å². The molecule has 0 radical (unpaired) electrons. The summed E-state index contributed by atoms with van der Waals surface area (Å²) in [6.45, 7) is 4.77. The lowest BCUT2D eigenvalue weighted by molar-refractivity contribution is 0.563. The van der Waals surface area contributed by atoms with Crippen LogP contribution in [-0.2, 0) is 10.8 Å². The van der Waals surface area contributed by atoms with Gasteiger partial charge in [-0.3, -0.25) is 0 Å². The highest BCUT2D eigenvalue weighted by Crippen LogP contribution is 2.62. The smallest absolute Gasteiger partial charge is 0.0720 e. The number of rotatable bonds is 5. The second-order valence-corrected chi connectivity index (χ2v) is 16.1. The third kappa shape index (κ3) is 5.02. The number of anilines is 3. The molecule has 0 N–H and O–H groups in total. The molecule has 0 saturated carbocycles. The predicted molar refractivity (Wildman–Crippen MR) is 239 cm³/mol. The molecule has 1 nitrogen and oxygen atoms in total. The van der Waals surface area contributed by atoms with Crippen LogP contribution in [0.1, 0.15) is 47.2 Å². The molecule has 57 heavy (non-hydrogen) atoms. The molecule has 9 aromatic carbocycles. The van der Waals surface area contributed by atoms with Gasteiger partial charge in [-0.15, -0.1) is 0 Å². The van der Waals surface area contributed by atoms with Gasteiger partial charge in [-0.2, -0.15) is 0 Å². The van der Waals surface area contributed by atoms with Gasteiger partial charge >= 0.3 is 0 Å². The zero-order valence-electron chi connectivity index (χ0n) is 32.2. The molecule has 9 aromatic rings. The van der Waals surface area contributed by atoms with Crippen molar-refractivity contribution < 1.29 is 0 Å². The molecule has 1 heteroatoms. The number of benzene rings is 9. The molecule has 0 aliphatic heterocycles. The van der Waals surface area contributed by atoms with Crippen molar-refractivity contribution in [2.24, 2.45) is 0 Å². The van der Waals surface area contributed by atoms with Gasteiger partial charge in [0.15, 0.2) is 0 Å². The molecule has 0 saturated heterocycles. The van der Waals surface area contributed by atoms with E-state index in [0.717, 1.165) is 17.1 Å². The van der Waals surface area contributed by atoms with E-state index in [2.05, 4.69) is 231 Å². The molecule has 0 atom stereocenters. The van der Waals surface area contributed by atoms with Crippen molar-refractivity contribution >= 4 is 27.8 Å². The van der Waals surface area contributed by atoms with Crippen LogP contribution in [0.4, 0.5) is 17.1 Å². The molecular formula is C56H41N. The minimum absolute atomic E-state index is 0.146. The van der Waals surface area contributed by atoms with E-state index in [4.69, 9.17) is 0 Å². The standard InChI is InChI=1S/C56H41N/c1-55(2)50-20-10-12-22-52(50)56(53-23-13-11-21-51(53)55)49-19-9-8-18-47(49)48-35-34-46(37-54(48)56)57(44-30-26-40(27-31-44)38-14-4-3-5-15-38)45-32-28-41(29-33-45)43-25-24-39-16-6-7-17-42(39)36-43/h3-37H,1-2H3. The Balaban J connectivity index is 1.12. The van der Waals surface area contributed by atoms with E-state index in [9.17, 15) is 0 Å². The summed E-state index contributed by atoms with van der Waals surface area (Å²) in [6, 6.07) is 78.7. The van der Waals surface area contributed by atoms with E-state index >= 15 is 0 Å². The molecule has 270 valence electrons. The Kier molecular flexibility index (Phi) is 7.50. The molecule has 0 bridgehead atoms. The Morgan fingerprint density at radius 2 is 0.754 bits per heavy atom. The summed E-state index contributed by atoms with van der Waals surface area (Å²) in [4.78, 5) is 2.43. The minimum Gasteiger partial charge on any atom is -0.310 e. The number of hydrogen-bond donors (Lipinski definition) is 0. The average molecular weight is 728 g/mol. The SMILES string of the molecule is CC1(C)c2ccccc2C2(c3ccccc3-c3ccc(N(c4ccc(-c5ccccc5)cc4)c4ccc(-c5ccc6ccccc6c5)cc4)cc32)c2ccccc21. The van der Waals surface area contributed by atoms with E-state index in [0.29, 0.717) is 0 Å². The van der Waals surface area contributed by atoms with Crippen LogP contribution < -0.4 is 4.90 Å².